The van der Waals surface area contributed by atoms with Crippen LogP contribution in [0.25, 0.3) is 0 Å². The number of nitrogens with zero attached hydrogens (tertiary/aromatic N) is 1. The van der Waals surface area contributed by atoms with Gasteiger partial charge in [0.2, 0.25) is 5.91 Å². The summed E-state index contributed by atoms with van der Waals surface area (Å²) < 4.78 is 0. The number of hydrogen-bond donors (Lipinski definition) is 2. The lowest BCUT2D eigenvalue weighted by Gasteiger charge is -2.35. The minimum Gasteiger partial charge on any atom is -0.353 e. The lowest BCUT2D eigenvalue weighted by Crippen LogP contribution is -2.53. The van der Waals surface area contributed by atoms with E-state index in [0.29, 0.717) is 13.1 Å². The van der Waals surface area contributed by atoms with E-state index < -0.39 is 0 Å². The first-order chi connectivity index (χ1) is 9.76. The fourth-order valence-electron chi connectivity index (χ4n) is 2.61. The summed E-state index contributed by atoms with van der Waals surface area (Å²) in [5.41, 5.74) is -0.211. The summed E-state index contributed by atoms with van der Waals surface area (Å²) in [6, 6.07) is 0.198. The molecule has 0 unspecified atom stereocenters. The predicted molar refractivity (Wildman–Crippen MR) is 85.1 cm³/mol. The molecule has 1 aliphatic heterocycles. The highest BCUT2D eigenvalue weighted by atomic mass is 16.2. The molecule has 0 aromatic rings. The van der Waals surface area contributed by atoms with Crippen molar-refractivity contribution in [2.24, 2.45) is 5.92 Å². The molecule has 0 aliphatic carbocycles. The van der Waals surface area contributed by atoms with Crippen molar-refractivity contribution >= 4 is 11.9 Å². The Morgan fingerprint density at radius 3 is 2.10 bits per heavy atom. The van der Waals surface area contributed by atoms with E-state index in [1.54, 1.807) is 0 Å². The van der Waals surface area contributed by atoms with Crippen LogP contribution in [0.15, 0.2) is 0 Å². The molecule has 1 aliphatic rings. The number of hydrogen-bond acceptors (Lipinski definition) is 2. The highest BCUT2D eigenvalue weighted by Crippen LogP contribution is 2.14. The highest BCUT2D eigenvalue weighted by molar-refractivity contribution is 5.79. The Kier molecular flexibility index (Phi) is 6.49. The summed E-state index contributed by atoms with van der Waals surface area (Å²) in [5.74, 6) is 0.282. The standard InChI is InChI=1S/C16H31N3O2/c1-6-12(7-2)14(20)17-13-8-10-19(11-9-13)15(21)18-16(3,4)5/h12-13H,6-11H2,1-5H3,(H,17,20)(H,18,21). The van der Waals surface area contributed by atoms with Gasteiger partial charge in [-0.05, 0) is 46.5 Å². The van der Waals surface area contributed by atoms with Gasteiger partial charge in [0.15, 0.2) is 0 Å². The van der Waals surface area contributed by atoms with Crippen LogP contribution in [0.4, 0.5) is 4.79 Å². The van der Waals surface area contributed by atoms with E-state index >= 15 is 0 Å². The van der Waals surface area contributed by atoms with Crippen LogP contribution in [-0.2, 0) is 4.79 Å². The van der Waals surface area contributed by atoms with Gasteiger partial charge in [0.05, 0.1) is 0 Å². The fraction of sp³-hybridized carbons (Fsp3) is 0.875. The summed E-state index contributed by atoms with van der Waals surface area (Å²) in [6.07, 6.45) is 3.44. The number of nitrogens with one attached hydrogen (secondary N) is 2. The van der Waals surface area contributed by atoms with Gasteiger partial charge >= 0.3 is 6.03 Å². The van der Waals surface area contributed by atoms with E-state index in [4.69, 9.17) is 0 Å². The number of amides is 3. The molecule has 122 valence electrons. The molecule has 2 N–H and O–H groups in total. The summed E-state index contributed by atoms with van der Waals surface area (Å²) in [5, 5.41) is 6.11. The van der Waals surface area contributed by atoms with Gasteiger partial charge in [0.1, 0.15) is 0 Å². The first kappa shape index (κ1) is 17.8. The molecule has 0 atom stereocenters. The first-order valence-corrected chi connectivity index (χ1v) is 8.14. The van der Waals surface area contributed by atoms with Gasteiger partial charge < -0.3 is 15.5 Å². The number of urea groups is 1. The number of likely N-dealkylation sites (tertiary alicyclic amines) is 1. The number of piperidine rings is 1. The normalized spacial score (nSPS) is 17.0. The van der Waals surface area contributed by atoms with Crippen molar-refractivity contribution in [1.29, 1.82) is 0 Å². The molecular weight excluding hydrogens is 266 g/mol. The Balaban J connectivity index is 2.39. The average Bonchev–Trinajstić information content (AvgIpc) is 2.39. The molecule has 1 rings (SSSR count). The molecule has 3 amide bonds. The second kappa shape index (κ2) is 7.66. The zero-order valence-electron chi connectivity index (χ0n) is 14.2. The summed E-state index contributed by atoms with van der Waals surface area (Å²) in [6.45, 7) is 11.4. The van der Waals surface area contributed by atoms with Gasteiger partial charge in [-0.3, -0.25) is 4.79 Å². The van der Waals surface area contributed by atoms with Gasteiger partial charge in [-0.25, -0.2) is 4.79 Å². The maximum absolute atomic E-state index is 12.1. The van der Waals surface area contributed by atoms with Crippen LogP contribution in [0.2, 0.25) is 0 Å². The van der Waals surface area contributed by atoms with Crippen molar-refractivity contribution in [2.75, 3.05) is 13.1 Å². The Labute approximate surface area is 128 Å². The van der Waals surface area contributed by atoms with Crippen LogP contribution < -0.4 is 10.6 Å². The Morgan fingerprint density at radius 1 is 1.14 bits per heavy atom. The van der Waals surface area contributed by atoms with Gasteiger partial charge in [0, 0.05) is 30.6 Å². The molecule has 0 saturated carbocycles. The topological polar surface area (TPSA) is 61.4 Å². The van der Waals surface area contributed by atoms with Crippen LogP contribution in [-0.4, -0.2) is 41.5 Å². The molecular formula is C16H31N3O2. The lowest BCUT2D eigenvalue weighted by molar-refractivity contribution is -0.126. The number of carbonyl (C=O) groups is 2. The first-order valence-electron chi connectivity index (χ1n) is 8.14. The van der Waals surface area contributed by atoms with E-state index in [9.17, 15) is 9.59 Å². The van der Waals surface area contributed by atoms with Crippen molar-refractivity contribution in [1.82, 2.24) is 15.5 Å². The molecule has 0 bridgehead atoms. The molecule has 0 aromatic heterocycles. The molecule has 5 heteroatoms. The average molecular weight is 297 g/mol. The summed E-state index contributed by atoms with van der Waals surface area (Å²) in [7, 11) is 0. The fourth-order valence-corrected chi connectivity index (χ4v) is 2.61. The lowest BCUT2D eigenvalue weighted by atomic mass is 10.00. The van der Waals surface area contributed by atoms with Crippen LogP contribution in [0, 0.1) is 5.92 Å². The van der Waals surface area contributed by atoms with Crippen molar-refractivity contribution in [3.8, 4) is 0 Å². The Bertz CT molecular complexity index is 351. The number of rotatable bonds is 4. The third kappa shape index (κ3) is 5.94. The highest BCUT2D eigenvalue weighted by Gasteiger charge is 2.26. The quantitative estimate of drug-likeness (QED) is 0.837. The molecule has 21 heavy (non-hydrogen) atoms. The second-order valence-corrected chi connectivity index (χ2v) is 6.96. The van der Waals surface area contributed by atoms with Crippen molar-refractivity contribution < 1.29 is 9.59 Å². The van der Waals surface area contributed by atoms with Gasteiger partial charge in [-0.1, -0.05) is 13.8 Å². The van der Waals surface area contributed by atoms with Gasteiger partial charge in [-0.15, -0.1) is 0 Å². The minimum absolute atomic E-state index is 0.00716. The van der Waals surface area contributed by atoms with Crippen molar-refractivity contribution in [2.45, 2.75) is 71.9 Å². The van der Waals surface area contributed by atoms with E-state index in [1.807, 2.05) is 39.5 Å². The smallest absolute Gasteiger partial charge is 0.317 e. The zero-order chi connectivity index (χ0) is 16.0. The molecule has 5 nitrogen and oxygen atoms in total. The molecule has 1 heterocycles. The molecule has 0 spiro atoms. The summed E-state index contributed by atoms with van der Waals surface area (Å²) >= 11 is 0. The monoisotopic (exact) mass is 297 g/mol. The molecule has 0 aromatic carbocycles. The van der Waals surface area contributed by atoms with Crippen LogP contribution >= 0.6 is 0 Å². The van der Waals surface area contributed by atoms with Gasteiger partial charge in [-0.2, -0.15) is 0 Å². The van der Waals surface area contributed by atoms with Crippen LogP contribution in [0.5, 0.6) is 0 Å². The maximum Gasteiger partial charge on any atom is 0.317 e. The van der Waals surface area contributed by atoms with E-state index in [0.717, 1.165) is 25.7 Å². The predicted octanol–water partition coefficient (Wildman–Crippen LogP) is 2.51. The van der Waals surface area contributed by atoms with Crippen LogP contribution in [0.3, 0.4) is 0 Å². The Morgan fingerprint density at radius 2 is 1.67 bits per heavy atom. The van der Waals surface area contributed by atoms with E-state index in [1.165, 1.54) is 0 Å². The van der Waals surface area contributed by atoms with Gasteiger partial charge in [0.25, 0.3) is 0 Å². The minimum atomic E-state index is -0.211. The Hall–Kier alpha value is -1.26. The zero-order valence-corrected chi connectivity index (χ0v) is 14.2. The summed E-state index contributed by atoms with van der Waals surface area (Å²) in [4.78, 5) is 26.0. The van der Waals surface area contributed by atoms with Crippen molar-refractivity contribution in [3.05, 3.63) is 0 Å². The van der Waals surface area contributed by atoms with E-state index in [2.05, 4.69) is 10.6 Å². The largest absolute Gasteiger partial charge is 0.353 e. The molecule has 0 radical (unpaired) electrons. The SMILES string of the molecule is CCC(CC)C(=O)NC1CCN(C(=O)NC(C)(C)C)CC1. The van der Waals surface area contributed by atoms with Crippen molar-refractivity contribution in [3.63, 3.8) is 0 Å². The number of carbonyl (C=O) groups excluding carboxylic acids is 2. The third-order valence-corrected chi connectivity index (χ3v) is 3.97. The second-order valence-electron chi connectivity index (χ2n) is 6.96. The molecule has 1 saturated heterocycles. The van der Waals surface area contributed by atoms with Crippen LogP contribution in [0.1, 0.15) is 60.3 Å². The maximum atomic E-state index is 12.1. The molecule has 1 fully saturated rings. The van der Waals surface area contributed by atoms with E-state index in [-0.39, 0.29) is 29.4 Å². The third-order valence-electron chi connectivity index (χ3n) is 3.97.